The lowest BCUT2D eigenvalue weighted by molar-refractivity contribution is 0.101. The predicted octanol–water partition coefficient (Wildman–Crippen LogP) is 2.20. The van der Waals surface area contributed by atoms with Gasteiger partial charge in [-0.25, -0.2) is 4.98 Å². The molecule has 0 N–H and O–H groups in total. The highest BCUT2D eigenvalue weighted by molar-refractivity contribution is 5.94. The molecule has 1 fully saturated rings. The van der Waals surface area contributed by atoms with Gasteiger partial charge in [-0.3, -0.25) is 4.79 Å². The second kappa shape index (κ2) is 6.15. The molecule has 19 heavy (non-hydrogen) atoms. The van der Waals surface area contributed by atoms with Crippen LogP contribution in [0.25, 0.3) is 0 Å². The largest absolute Gasteiger partial charge is 0.357 e. The molecular formula is C15H23N3O. The summed E-state index contributed by atoms with van der Waals surface area (Å²) in [7, 11) is 2.08. The lowest BCUT2D eigenvalue weighted by Crippen LogP contribution is -2.43. The third-order valence-electron chi connectivity index (χ3n) is 4.07. The molecule has 1 aliphatic heterocycles. The number of piperidine rings is 1. The molecular weight excluding hydrogens is 238 g/mol. The van der Waals surface area contributed by atoms with Crippen LogP contribution in [0.15, 0.2) is 18.3 Å². The minimum absolute atomic E-state index is 0.0952. The van der Waals surface area contributed by atoms with Crippen molar-refractivity contribution in [2.45, 2.75) is 32.7 Å². The van der Waals surface area contributed by atoms with Gasteiger partial charge in [0.1, 0.15) is 5.82 Å². The number of likely N-dealkylation sites (tertiary alicyclic amines) is 1. The van der Waals surface area contributed by atoms with Crippen molar-refractivity contribution in [3.05, 3.63) is 23.9 Å². The van der Waals surface area contributed by atoms with Crippen LogP contribution in [0.4, 0.5) is 5.82 Å². The Hall–Kier alpha value is -1.42. The summed E-state index contributed by atoms with van der Waals surface area (Å²) in [5.74, 6) is 1.00. The molecule has 4 heteroatoms. The summed E-state index contributed by atoms with van der Waals surface area (Å²) in [6.45, 7) is 7.24. The third-order valence-corrected chi connectivity index (χ3v) is 4.07. The molecule has 1 aromatic heterocycles. The van der Waals surface area contributed by atoms with E-state index in [1.54, 1.807) is 19.2 Å². The molecule has 1 aromatic rings. The fourth-order valence-corrected chi connectivity index (χ4v) is 2.64. The molecule has 0 radical (unpaired) electrons. The minimum atomic E-state index is 0.0952. The van der Waals surface area contributed by atoms with E-state index in [1.165, 1.54) is 0 Å². The maximum absolute atomic E-state index is 11.4. The quantitative estimate of drug-likeness (QED) is 0.779. The standard InChI is InChI=1S/C15H23N3O/c1-4-18-9-6-14(7-10-18)17(3)15-11-13(12(2)19)5-8-16-15/h5,8,11,14H,4,6-7,9-10H2,1-3H3. The lowest BCUT2D eigenvalue weighted by Gasteiger charge is -2.36. The lowest BCUT2D eigenvalue weighted by atomic mass is 10.0. The van der Waals surface area contributed by atoms with E-state index in [1.807, 2.05) is 6.07 Å². The third kappa shape index (κ3) is 3.32. The molecule has 0 aliphatic carbocycles. The number of carbonyl (C=O) groups is 1. The minimum Gasteiger partial charge on any atom is -0.357 e. The zero-order valence-electron chi connectivity index (χ0n) is 12.1. The van der Waals surface area contributed by atoms with Crippen molar-refractivity contribution in [1.29, 1.82) is 0 Å². The summed E-state index contributed by atoms with van der Waals surface area (Å²) in [5, 5.41) is 0. The second-order valence-electron chi connectivity index (χ2n) is 5.24. The molecule has 1 aliphatic rings. The number of rotatable bonds is 4. The number of pyridine rings is 1. The summed E-state index contributed by atoms with van der Waals surface area (Å²) in [6, 6.07) is 4.20. The smallest absolute Gasteiger partial charge is 0.159 e. The van der Waals surface area contributed by atoms with E-state index < -0.39 is 0 Å². The molecule has 0 amide bonds. The number of carbonyl (C=O) groups excluding carboxylic acids is 1. The maximum Gasteiger partial charge on any atom is 0.159 e. The fourth-order valence-electron chi connectivity index (χ4n) is 2.64. The molecule has 4 nitrogen and oxygen atoms in total. The highest BCUT2D eigenvalue weighted by Gasteiger charge is 2.22. The van der Waals surface area contributed by atoms with Crippen LogP contribution in [0.2, 0.25) is 0 Å². The Bertz CT molecular complexity index is 439. The van der Waals surface area contributed by atoms with Gasteiger partial charge >= 0.3 is 0 Å². The monoisotopic (exact) mass is 261 g/mol. The van der Waals surface area contributed by atoms with Gasteiger partial charge < -0.3 is 9.80 Å². The van der Waals surface area contributed by atoms with E-state index in [9.17, 15) is 4.79 Å². The van der Waals surface area contributed by atoms with Crippen LogP contribution in [0, 0.1) is 0 Å². The SMILES string of the molecule is CCN1CCC(N(C)c2cc(C(C)=O)ccn2)CC1. The van der Waals surface area contributed by atoms with Crippen molar-refractivity contribution in [3.8, 4) is 0 Å². The van der Waals surface area contributed by atoms with Crippen LogP contribution >= 0.6 is 0 Å². The Balaban J connectivity index is 2.05. The highest BCUT2D eigenvalue weighted by atomic mass is 16.1. The summed E-state index contributed by atoms with van der Waals surface area (Å²) in [5.41, 5.74) is 0.739. The highest BCUT2D eigenvalue weighted by Crippen LogP contribution is 2.21. The zero-order valence-corrected chi connectivity index (χ0v) is 12.1. The van der Waals surface area contributed by atoms with Gasteiger partial charge in [-0.2, -0.15) is 0 Å². The summed E-state index contributed by atoms with van der Waals surface area (Å²) in [6.07, 6.45) is 4.05. The Morgan fingerprint density at radius 2 is 2.16 bits per heavy atom. The van der Waals surface area contributed by atoms with Crippen molar-refractivity contribution in [1.82, 2.24) is 9.88 Å². The predicted molar refractivity (Wildman–Crippen MR) is 77.8 cm³/mol. The number of Topliss-reactive ketones (excluding diaryl/α,β-unsaturated/α-hetero) is 1. The first-order valence-electron chi connectivity index (χ1n) is 7.04. The van der Waals surface area contributed by atoms with Crippen molar-refractivity contribution < 1.29 is 4.79 Å². The van der Waals surface area contributed by atoms with Crippen molar-refractivity contribution in [2.24, 2.45) is 0 Å². The molecule has 104 valence electrons. The molecule has 2 rings (SSSR count). The van der Waals surface area contributed by atoms with E-state index in [0.29, 0.717) is 6.04 Å². The van der Waals surface area contributed by atoms with Crippen LogP contribution < -0.4 is 4.90 Å². The van der Waals surface area contributed by atoms with E-state index in [-0.39, 0.29) is 5.78 Å². The maximum atomic E-state index is 11.4. The summed E-state index contributed by atoms with van der Waals surface area (Å²) < 4.78 is 0. The average molecular weight is 261 g/mol. The number of hydrogen-bond donors (Lipinski definition) is 0. The van der Waals surface area contributed by atoms with E-state index in [0.717, 1.165) is 43.9 Å². The topological polar surface area (TPSA) is 36.4 Å². The molecule has 0 atom stereocenters. The Labute approximate surface area is 115 Å². The van der Waals surface area contributed by atoms with Crippen molar-refractivity contribution >= 4 is 11.6 Å². The van der Waals surface area contributed by atoms with Crippen molar-refractivity contribution in [2.75, 3.05) is 31.6 Å². The van der Waals surface area contributed by atoms with Crippen LogP contribution in [-0.2, 0) is 0 Å². The van der Waals surface area contributed by atoms with Crippen LogP contribution in [0.5, 0.6) is 0 Å². The molecule has 0 spiro atoms. The normalized spacial score (nSPS) is 17.4. The van der Waals surface area contributed by atoms with E-state index >= 15 is 0 Å². The number of ketones is 1. The van der Waals surface area contributed by atoms with Gasteiger partial charge in [-0.1, -0.05) is 6.92 Å². The number of hydrogen-bond acceptors (Lipinski definition) is 4. The Morgan fingerprint density at radius 1 is 1.47 bits per heavy atom. The zero-order chi connectivity index (χ0) is 13.8. The number of anilines is 1. The van der Waals surface area contributed by atoms with Gasteiger partial charge in [-0.05, 0) is 38.4 Å². The average Bonchev–Trinajstić information content (AvgIpc) is 2.46. The number of nitrogens with zero attached hydrogens (tertiary/aromatic N) is 3. The molecule has 1 saturated heterocycles. The van der Waals surface area contributed by atoms with Crippen LogP contribution in [0.1, 0.15) is 37.0 Å². The molecule has 2 heterocycles. The van der Waals surface area contributed by atoms with Gasteiger partial charge in [0.05, 0.1) is 0 Å². The van der Waals surface area contributed by atoms with Gasteiger partial charge in [0, 0.05) is 37.9 Å². The van der Waals surface area contributed by atoms with E-state index in [4.69, 9.17) is 0 Å². The van der Waals surface area contributed by atoms with E-state index in [2.05, 4.69) is 28.8 Å². The molecule has 0 saturated carbocycles. The molecule has 0 aromatic carbocycles. The molecule has 0 bridgehead atoms. The van der Waals surface area contributed by atoms with Crippen LogP contribution in [-0.4, -0.2) is 48.4 Å². The van der Waals surface area contributed by atoms with Gasteiger partial charge in [-0.15, -0.1) is 0 Å². The summed E-state index contributed by atoms with van der Waals surface area (Å²) >= 11 is 0. The Kier molecular flexibility index (Phi) is 4.53. The van der Waals surface area contributed by atoms with Gasteiger partial charge in [0.15, 0.2) is 5.78 Å². The summed E-state index contributed by atoms with van der Waals surface area (Å²) in [4.78, 5) is 20.5. The van der Waals surface area contributed by atoms with Gasteiger partial charge in [0.2, 0.25) is 0 Å². The fraction of sp³-hybridized carbons (Fsp3) is 0.600. The first kappa shape index (κ1) is 14.0. The first-order valence-corrected chi connectivity index (χ1v) is 7.04. The number of aromatic nitrogens is 1. The second-order valence-corrected chi connectivity index (χ2v) is 5.24. The molecule has 0 unspecified atom stereocenters. The van der Waals surface area contributed by atoms with Gasteiger partial charge in [0.25, 0.3) is 0 Å². The first-order chi connectivity index (χ1) is 9.11. The Morgan fingerprint density at radius 3 is 2.74 bits per heavy atom. The van der Waals surface area contributed by atoms with Crippen LogP contribution in [0.3, 0.4) is 0 Å². The van der Waals surface area contributed by atoms with Crippen molar-refractivity contribution in [3.63, 3.8) is 0 Å².